The van der Waals surface area contributed by atoms with Crippen LogP contribution in [0, 0.1) is 11.3 Å². The van der Waals surface area contributed by atoms with Gasteiger partial charge >= 0.3 is 0 Å². The Hall–Kier alpha value is -0.300. The number of hydrogen-bond donors (Lipinski definition) is 1. The predicted molar refractivity (Wildman–Crippen MR) is 36.0 cm³/mol. The molecule has 0 aromatic heterocycles. The van der Waals surface area contributed by atoms with Crippen molar-refractivity contribution >= 4 is 0 Å². The van der Waals surface area contributed by atoms with E-state index in [0.29, 0.717) is 6.61 Å². The Morgan fingerprint density at radius 2 is 2.56 bits per heavy atom. The molecule has 0 radical (unpaired) electrons. The maximum absolute atomic E-state index is 8.99. The monoisotopic (exact) mass is 124 g/mol. The van der Waals surface area contributed by atoms with Gasteiger partial charge in [0.2, 0.25) is 0 Å². The fraction of sp³-hybridized carbons (Fsp3) is 0.750. The zero-order chi connectivity index (χ0) is 6.32. The zero-order valence-electron chi connectivity index (χ0n) is 5.51. The van der Waals surface area contributed by atoms with Crippen LogP contribution in [-0.4, -0.2) is 11.7 Å². The minimum Gasteiger partial charge on any atom is -0.395 e. The summed E-state index contributed by atoms with van der Waals surface area (Å²) in [6, 6.07) is 0. The van der Waals surface area contributed by atoms with Crippen molar-refractivity contribution in [1.82, 2.24) is 0 Å². The minimum absolute atomic E-state index is 0.227. The molecule has 0 spiro atoms. The largest absolute Gasteiger partial charge is 0.395 e. The van der Waals surface area contributed by atoms with Gasteiger partial charge in [-0.25, -0.2) is 0 Å². The molecule has 1 unspecified atom stereocenters. The molecule has 0 saturated heterocycles. The average molecular weight is 124 g/mol. The Labute approximate surface area is 55.4 Å². The van der Waals surface area contributed by atoms with E-state index in [1.807, 2.05) is 0 Å². The van der Waals surface area contributed by atoms with Crippen LogP contribution in [0.3, 0.4) is 0 Å². The Balaban J connectivity index is 2.23. The summed E-state index contributed by atoms with van der Waals surface area (Å²) in [5.41, 5.74) is 0.227. The Morgan fingerprint density at radius 1 is 1.67 bits per heavy atom. The molecule has 2 bridgehead atoms. The standard InChI is InChI=1S/C8H12O/c9-6-8-3-1-7(5-8)2-4-8/h1,3,7,9H,2,4-6H2/t7-,8?/m0/s1. The highest BCUT2D eigenvalue weighted by Crippen LogP contribution is 2.48. The number of aliphatic hydroxyl groups is 1. The highest BCUT2D eigenvalue weighted by Gasteiger charge is 2.39. The van der Waals surface area contributed by atoms with Crippen molar-refractivity contribution in [3.8, 4) is 0 Å². The third-order valence-electron chi connectivity index (χ3n) is 2.72. The van der Waals surface area contributed by atoms with Gasteiger partial charge in [0.15, 0.2) is 0 Å². The van der Waals surface area contributed by atoms with Gasteiger partial charge in [-0.2, -0.15) is 0 Å². The molecule has 2 aliphatic rings. The molecular formula is C8H12O. The van der Waals surface area contributed by atoms with Crippen molar-refractivity contribution in [2.45, 2.75) is 19.3 Å². The third-order valence-corrected chi connectivity index (χ3v) is 2.72. The molecule has 1 nitrogen and oxygen atoms in total. The molecule has 0 heterocycles. The summed E-state index contributed by atoms with van der Waals surface area (Å²) in [6.07, 6.45) is 8.20. The first-order chi connectivity index (χ1) is 4.35. The van der Waals surface area contributed by atoms with Gasteiger partial charge in [0.25, 0.3) is 0 Å². The SMILES string of the molecule is OCC12C=C[C@@H](CC1)C2. The topological polar surface area (TPSA) is 20.2 Å². The number of fused-ring (bicyclic) bond motifs is 2. The molecule has 9 heavy (non-hydrogen) atoms. The number of rotatable bonds is 1. The molecule has 1 fully saturated rings. The van der Waals surface area contributed by atoms with Gasteiger partial charge in [-0.3, -0.25) is 0 Å². The van der Waals surface area contributed by atoms with Crippen LogP contribution in [0.15, 0.2) is 12.2 Å². The molecule has 50 valence electrons. The number of hydrogen-bond acceptors (Lipinski definition) is 1. The lowest BCUT2D eigenvalue weighted by Gasteiger charge is -2.18. The zero-order valence-corrected chi connectivity index (χ0v) is 5.51. The second-order valence-corrected chi connectivity index (χ2v) is 3.38. The lowest BCUT2D eigenvalue weighted by Crippen LogP contribution is -2.16. The van der Waals surface area contributed by atoms with E-state index in [1.54, 1.807) is 0 Å². The van der Waals surface area contributed by atoms with Gasteiger partial charge in [0.05, 0.1) is 6.61 Å². The van der Waals surface area contributed by atoms with Crippen molar-refractivity contribution in [1.29, 1.82) is 0 Å². The van der Waals surface area contributed by atoms with E-state index < -0.39 is 0 Å². The molecule has 0 aromatic carbocycles. The van der Waals surface area contributed by atoms with Gasteiger partial charge in [-0.1, -0.05) is 12.2 Å². The molecule has 0 amide bonds. The first kappa shape index (κ1) is 5.48. The average Bonchev–Trinajstić information content (AvgIpc) is 2.46. The fourth-order valence-corrected chi connectivity index (χ4v) is 2.05. The Morgan fingerprint density at radius 3 is 2.78 bits per heavy atom. The molecule has 2 aliphatic carbocycles. The summed E-state index contributed by atoms with van der Waals surface area (Å²) in [7, 11) is 0. The van der Waals surface area contributed by atoms with Gasteiger partial charge in [0.1, 0.15) is 0 Å². The summed E-state index contributed by atoms with van der Waals surface area (Å²) in [6.45, 7) is 0.361. The maximum atomic E-state index is 8.99. The summed E-state index contributed by atoms with van der Waals surface area (Å²) >= 11 is 0. The van der Waals surface area contributed by atoms with E-state index in [-0.39, 0.29) is 5.41 Å². The predicted octanol–water partition coefficient (Wildman–Crippen LogP) is 1.33. The van der Waals surface area contributed by atoms with E-state index >= 15 is 0 Å². The van der Waals surface area contributed by atoms with E-state index in [1.165, 1.54) is 19.3 Å². The van der Waals surface area contributed by atoms with E-state index in [0.717, 1.165) is 5.92 Å². The molecule has 0 aliphatic heterocycles. The van der Waals surface area contributed by atoms with Crippen molar-refractivity contribution in [2.24, 2.45) is 11.3 Å². The second-order valence-electron chi connectivity index (χ2n) is 3.38. The smallest absolute Gasteiger partial charge is 0.0522 e. The maximum Gasteiger partial charge on any atom is 0.0522 e. The molecule has 0 aromatic rings. The van der Waals surface area contributed by atoms with Crippen molar-refractivity contribution < 1.29 is 5.11 Å². The highest BCUT2D eigenvalue weighted by molar-refractivity contribution is 5.15. The summed E-state index contributed by atoms with van der Waals surface area (Å²) < 4.78 is 0. The number of aliphatic hydroxyl groups excluding tert-OH is 1. The first-order valence-electron chi connectivity index (χ1n) is 3.65. The van der Waals surface area contributed by atoms with E-state index in [2.05, 4.69) is 12.2 Å². The van der Waals surface area contributed by atoms with Gasteiger partial charge in [-0.05, 0) is 25.2 Å². The molecule has 2 atom stereocenters. The van der Waals surface area contributed by atoms with Crippen LogP contribution in [0.4, 0.5) is 0 Å². The molecular weight excluding hydrogens is 112 g/mol. The van der Waals surface area contributed by atoms with Crippen LogP contribution in [-0.2, 0) is 0 Å². The van der Waals surface area contributed by atoms with E-state index in [4.69, 9.17) is 5.11 Å². The highest BCUT2D eigenvalue weighted by atomic mass is 16.3. The van der Waals surface area contributed by atoms with Gasteiger partial charge in [0, 0.05) is 5.41 Å². The van der Waals surface area contributed by atoms with Gasteiger partial charge < -0.3 is 5.11 Å². The van der Waals surface area contributed by atoms with Crippen LogP contribution in [0.25, 0.3) is 0 Å². The number of allylic oxidation sites excluding steroid dienone is 1. The lowest BCUT2D eigenvalue weighted by molar-refractivity contribution is 0.177. The summed E-state index contributed by atoms with van der Waals surface area (Å²) in [5.74, 6) is 0.803. The Kier molecular flexibility index (Phi) is 0.974. The minimum atomic E-state index is 0.227. The van der Waals surface area contributed by atoms with Crippen molar-refractivity contribution in [3.05, 3.63) is 12.2 Å². The summed E-state index contributed by atoms with van der Waals surface area (Å²) in [4.78, 5) is 0. The normalized spacial score (nSPS) is 46.6. The quantitative estimate of drug-likeness (QED) is 0.523. The van der Waals surface area contributed by atoms with Crippen LogP contribution >= 0.6 is 0 Å². The van der Waals surface area contributed by atoms with Crippen LogP contribution in [0.1, 0.15) is 19.3 Å². The molecule has 1 saturated carbocycles. The third kappa shape index (κ3) is 0.645. The Bertz CT molecular complexity index is 151. The van der Waals surface area contributed by atoms with Crippen LogP contribution < -0.4 is 0 Å². The second kappa shape index (κ2) is 1.60. The first-order valence-corrected chi connectivity index (χ1v) is 3.65. The van der Waals surface area contributed by atoms with Crippen LogP contribution in [0.2, 0.25) is 0 Å². The summed E-state index contributed by atoms with van der Waals surface area (Å²) in [5, 5.41) is 8.99. The van der Waals surface area contributed by atoms with Crippen molar-refractivity contribution in [3.63, 3.8) is 0 Å². The lowest BCUT2D eigenvalue weighted by atomic mass is 9.89. The molecule has 1 heteroatoms. The fourth-order valence-electron chi connectivity index (χ4n) is 2.05. The van der Waals surface area contributed by atoms with Gasteiger partial charge in [-0.15, -0.1) is 0 Å². The molecule has 1 N–H and O–H groups in total. The molecule has 2 rings (SSSR count). The van der Waals surface area contributed by atoms with E-state index in [9.17, 15) is 0 Å². The van der Waals surface area contributed by atoms with Crippen molar-refractivity contribution in [2.75, 3.05) is 6.61 Å². The van der Waals surface area contributed by atoms with Crippen LogP contribution in [0.5, 0.6) is 0 Å².